The molecule has 2 nitrogen and oxygen atoms in total. The maximum Gasteiger partial charge on any atom is 0.143 e. The zero-order valence-corrected chi connectivity index (χ0v) is 27.3. The van der Waals surface area contributed by atoms with Crippen LogP contribution < -0.4 is 4.90 Å². The van der Waals surface area contributed by atoms with E-state index in [1.807, 2.05) is 0 Å². The Hall–Kier alpha value is -6.64. The molecule has 0 saturated heterocycles. The van der Waals surface area contributed by atoms with Crippen LogP contribution in [0.5, 0.6) is 0 Å². The van der Waals surface area contributed by atoms with Crippen LogP contribution in [0.4, 0.5) is 17.1 Å². The molecule has 1 heterocycles. The molecule has 0 bridgehead atoms. The van der Waals surface area contributed by atoms with Gasteiger partial charge in [-0.2, -0.15) is 0 Å². The lowest BCUT2D eigenvalue weighted by Gasteiger charge is -2.27. The summed E-state index contributed by atoms with van der Waals surface area (Å²) in [6.45, 7) is 0. The minimum absolute atomic E-state index is 0.887. The Balaban J connectivity index is 1.25. The molecule has 0 N–H and O–H groups in total. The molecule has 10 aromatic rings. The van der Waals surface area contributed by atoms with E-state index in [-0.39, 0.29) is 0 Å². The van der Waals surface area contributed by atoms with Gasteiger partial charge in [0.15, 0.2) is 0 Å². The fourth-order valence-corrected chi connectivity index (χ4v) is 7.59. The second-order valence-corrected chi connectivity index (χ2v) is 12.9. The average molecular weight is 638 g/mol. The summed E-state index contributed by atoms with van der Waals surface area (Å²) in [5.41, 5.74) is 9.82. The van der Waals surface area contributed by atoms with E-state index < -0.39 is 0 Å². The topological polar surface area (TPSA) is 16.4 Å². The van der Waals surface area contributed by atoms with Gasteiger partial charge in [-0.3, -0.25) is 0 Å². The molecule has 0 amide bonds. The molecule has 0 radical (unpaired) electrons. The molecule has 2 heteroatoms. The van der Waals surface area contributed by atoms with E-state index in [4.69, 9.17) is 4.42 Å². The summed E-state index contributed by atoms with van der Waals surface area (Å²) in [6, 6.07) is 67.5. The number of rotatable bonds is 5. The molecule has 234 valence electrons. The molecule has 0 aliphatic heterocycles. The number of hydrogen-bond donors (Lipinski definition) is 0. The van der Waals surface area contributed by atoms with Crippen LogP contribution in [-0.4, -0.2) is 0 Å². The Bertz CT molecular complexity index is 2870. The fraction of sp³-hybridized carbons (Fsp3) is 0. The molecule has 1 aromatic heterocycles. The third-order valence-corrected chi connectivity index (χ3v) is 10.0. The normalized spacial score (nSPS) is 11.6. The molecular weight excluding hydrogens is 607 g/mol. The summed E-state index contributed by atoms with van der Waals surface area (Å²) >= 11 is 0. The summed E-state index contributed by atoms with van der Waals surface area (Å²) in [5.74, 6) is 0. The Morgan fingerprint density at radius 2 is 0.960 bits per heavy atom. The molecule has 0 spiro atoms. The van der Waals surface area contributed by atoms with Crippen molar-refractivity contribution in [3.05, 3.63) is 188 Å². The van der Waals surface area contributed by atoms with Gasteiger partial charge in [0.05, 0.1) is 5.69 Å². The van der Waals surface area contributed by atoms with Crippen molar-refractivity contribution in [2.75, 3.05) is 4.90 Å². The van der Waals surface area contributed by atoms with Gasteiger partial charge in [0.1, 0.15) is 11.2 Å². The van der Waals surface area contributed by atoms with Crippen LogP contribution >= 0.6 is 0 Å². The second-order valence-electron chi connectivity index (χ2n) is 12.9. The highest BCUT2D eigenvalue weighted by Gasteiger charge is 2.22. The molecular formula is C48H31NO. The zero-order valence-electron chi connectivity index (χ0n) is 27.3. The third kappa shape index (κ3) is 4.65. The molecule has 10 rings (SSSR count). The van der Waals surface area contributed by atoms with E-state index in [2.05, 4.69) is 193 Å². The van der Waals surface area contributed by atoms with Crippen LogP contribution in [0.25, 0.3) is 76.5 Å². The highest BCUT2D eigenvalue weighted by atomic mass is 16.3. The maximum atomic E-state index is 6.77. The predicted molar refractivity (Wildman–Crippen MR) is 212 cm³/mol. The minimum atomic E-state index is 0.887. The van der Waals surface area contributed by atoms with Gasteiger partial charge in [-0.1, -0.05) is 146 Å². The maximum absolute atomic E-state index is 6.77. The van der Waals surface area contributed by atoms with E-state index in [0.29, 0.717) is 0 Å². The van der Waals surface area contributed by atoms with Crippen molar-refractivity contribution in [3.63, 3.8) is 0 Å². The Morgan fingerprint density at radius 1 is 0.360 bits per heavy atom. The largest absolute Gasteiger partial charge is 0.455 e. The van der Waals surface area contributed by atoms with Crippen LogP contribution in [0.1, 0.15) is 0 Å². The van der Waals surface area contributed by atoms with Crippen molar-refractivity contribution in [2.45, 2.75) is 0 Å². The first kappa shape index (κ1) is 28.4. The molecule has 0 aliphatic rings. The summed E-state index contributed by atoms with van der Waals surface area (Å²) in [4.78, 5) is 2.40. The van der Waals surface area contributed by atoms with Crippen molar-refractivity contribution in [1.82, 2.24) is 0 Å². The van der Waals surface area contributed by atoms with E-state index in [9.17, 15) is 0 Å². The summed E-state index contributed by atoms with van der Waals surface area (Å²) in [5, 5.41) is 9.33. The van der Waals surface area contributed by atoms with Gasteiger partial charge in [0.2, 0.25) is 0 Å². The first-order chi connectivity index (χ1) is 24.8. The van der Waals surface area contributed by atoms with Gasteiger partial charge in [-0.25, -0.2) is 0 Å². The smallest absolute Gasteiger partial charge is 0.143 e. The minimum Gasteiger partial charge on any atom is -0.455 e. The molecule has 50 heavy (non-hydrogen) atoms. The summed E-state index contributed by atoms with van der Waals surface area (Å²) in [6.07, 6.45) is 0. The van der Waals surface area contributed by atoms with Crippen LogP contribution in [0.15, 0.2) is 192 Å². The number of benzene rings is 9. The van der Waals surface area contributed by atoms with Crippen LogP contribution in [0.2, 0.25) is 0 Å². The van der Waals surface area contributed by atoms with Crippen molar-refractivity contribution in [1.29, 1.82) is 0 Å². The first-order valence-electron chi connectivity index (χ1n) is 17.1. The fourth-order valence-electron chi connectivity index (χ4n) is 7.59. The lowest BCUT2D eigenvalue weighted by molar-refractivity contribution is 0.673. The van der Waals surface area contributed by atoms with Crippen LogP contribution in [-0.2, 0) is 0 Å². The SMILES string of the molecule is c1ccc(-c2ccc(N(c3ccc4ccccc4c3)c3cc4c(oc5cccc(-c6ccc7ccccc7c6)c54)c4ccccc34)cc2)cc1. The quantitative estimate of drug-likeness (QED) is 0.187. The molecule has 0 unspecified atom stereocenters. The van der Waals surface area contributed by atoms with E-state index in [1.165, 1.54) is 38.2 Å². The van der Waals surface area contributed by atoms with Gasteiger partial charge < -0.3 is 9.32 Å². The number of fused-ring (bicyclic) bond motifs is 7. The lowest BCUT2D eigenvalue weighted by Crippen LogP contribution is -2.10. The van der Waals surface area contributed by atoms with Crippen molar-refractivity contribution in [3.8, 4) is 22.3 Å². The molecule has 9 aromatic carbocycles. The highest BCUT2D eigenvalue weighted by Crippen LogP contribution is 2.47. The summed E-state index contributed by atoms with van der Waals surface area (Å²) in [7, 11) is 0. The monoisotopic (exact) mass is 637 g/mol. The number of anilines is 3. The highest BCUT2D eigenvalue weighted by molar-refractivity contribution is 6.22. The van der Waals surface area contributed by atoms with Crippen molar-refractivity contribution in [2.24, 2.45) is 0 Å². The molecule has 0 fully saturated rings. The van der Waals surface area contributed by atoms with Crippen LogP contribution in [0, 0.1) is 0 Å². The third-order valence-electron chi connectivity index (χ3n) is 10.0. The van der Waals surface area contributed by atoms with Gasteiger partial charge >= 0.3 is 0 Å². The lowest BCUT2D eigenvalue weighted by atomic mass is 9.95. The van der Waals surface area contributed by atoms with Gasteiger partial charge in [0, 0.05) is 32.9 Å². The standard InChI is InChI=1S/C48H31NO/c1-2-11-32(12-3-1)35-23-26-39(27-24-35)49(40-28-25-34-14-5-7-16-37(34)30-40)45-31-44-47-41(38-22-21-33-13-4-6-15-36(33)29-38)19-10-20-46(47)50-48(44)43-18-9-8-17-42(43)45/h1-31H. The van der Waals surface area contributed by atoms with E-state index in [0.717, 1.165) is 55.3 Å². The molecule has 0 saturated carbocycles. The molecule has 0 atom stereocenters. The Kier molecular flexibility index (Phi) is 6.53. The average Bonchev–Trinajstić information content (AvgIpc) is 3.57. The Labute approximate surface area is 290 Å². The van der Waals surface area contributed by atoms with Gasteiger partial charge in [-0.05, 0) is 86.3 Å². The Morgan fingerprint density at radius 3 is 1.74 bits per heavy atom. The molecule has 0 aliphatic carbocycles. The zero-order chi connectivity index (χ0) is 33.0. The van der Waals surface area contributed by atoms with Crippen LogP contribution in [0.3, 0.4) is 0 Å². The number of hydrogen-bond acceptors (Lipinski definition) is 2. The van der Waals surface area contributed by atoms with Gasteiger partial charge in [-0.15, -0.1) is 0 Å². The van der Waals surface area contributed by atoms with E-state index >= 15 is 0 Å². The first-order valence-corrected chi connectivity index (χ1v) is 17.1. The van der Waals surface area contributed by atoms with E-state index in [1.54, 1.807) is 0 Å². The van der Waals surface area contributed by atoms with Crippen molar-refractivity contribution >= 4 is 71.3 Å². The number of furan rings is 1. The summed E-state index contributed by atoms with van der Waals surface area (Å²) < 4.78 is 6.77. The predicted octanol–water partition coefficient (Wildman–Crippen LogP) is 13.8. The number of nitrogens with zero attached hydrogens (tertiary/aromatic N) is 1. The van der Waals surface area contributed by atoms with Crippen molar-refractivity contribution < 1.29 is 4.42 Å². The second kappa shape index (κ2) is 11.5. The van der Waals surface area contributed by atoms with Gasteiger partial charge in [0.25, 0.3) is 0 Å².